The van der Waals surface area contributed by atoms with Crippen molar-refractivity contribution < 1.29 is 9.90 Å². The Hall–Kier alpha value is -2.14. The predicted molar refractivity (Wildman–Crippen MR) is 98.6 cm³/mol. The Kier molecular flexibility index (Phi) is 5.23. The van der Waals surface area contributed by atoms with Gasteiger partial charge in [0.15, 0.2) is 0 Å². The highest BCUT2D eigenvalue weighted by atomic mass is 16.4. The number of aromatic nitrogens is 2. The molecule has 0 aliphatic carbocycles. The summed E-state index contributed by atoms with van der Waals surface area (Å²) in [6.07, 6.45) is 3.94. The standard InChI is InChI=1S/C20H27N3O2/c1-14-20(16(3)23(21-14)13-19(24)25)18-9-7-17(8-10-18)15(2)22-11-5-4-6-12-22/h7-10,15H,4-6,11-13H2,1-3H3,(H,24,25). The minimum Gasteiger partial charge on any atom is -0.480 e. The maximum absolute atomic E-state index is 11.0. The number of carboxylic acids is 1. The molecular weight excluding hydrogens is 314 g/mol. The third-order valence-corrected chi connectivity index (χ3v) is 5.29. The third kappa shape index (κ3) is 3.76. The van der Waals surface area contributed by atoms with Crippen LogP contribution in [0, 0.1) is 13.8 Å². The van der Waals surface area contributed by atoms with Crippen LogP contribution >= 0.6 is 0 Å². The van der Waals surface area contributed by atoms with Crippen LogP contribution in [0.3, 0.4) is 0 Å². The van der Waals surface area contributed by atoms with Crippen LogP contribution in [0.5, 0.6) is 0 Å². The molecule has 0 bridgehead atoms. The smallest absolute Gasteiger partial charge is 0.325 e. The van der Waals surface area contributed by atoms with Gasteiger partial charge < -0.3 is 5.11 Å². The summed E-state index contributed by atoms with van der Waals surface area (Å²) in [6.45, 7) is 8.41. The number of benzene rings is 1. The summed E-state index contributed by atoms with van der Waals surface area (Å²) < 4.78 is 1.57. The van der Waals surface area contributed by atoms with Gasteiger partial charge >= 0.3 is 5.97 Å². The molecule has 1 aliphatic heterocycles. The van der Waals surface area contributed by atoms with Crippen molar-refractivity contribution in [1.29, 1.82) is 0 Å². The van der Waals surface area contributed by atoms with Crippen molar-refractivity contribution in [3.05, 3.63) is 41.2 Å². The lowest BCUT2D eigenvalue weighted by Crippen LogP contribution is -2.32. The van der Waals surface area contributed by atoms with E-state index in [9.17, 15) is 4.79 Å². The van der Waals surface area contributed by atoms with E-state index < -0.39 is 5.97 Å². The van der Waals surface area contributed by atoms with E-state index in [-0.39, 0.29) is 6.54 Å². The van der Waals surface area contributed by atoms with Gasteiger partial charge in [0.25, 0.3) is 0 Å². The zero-order chi connectivity index (χ0) is 18.0. The zero-order valence-electron chi connectivity index (χ0n) is 15.3. The second kappa shape index (κ2) is 7.40. The first-order valence-corrected chi connectivity index (χ1v) is 9.07. The van der Waals surface area contributed by atoms with Crippen LogP contribution in [-0.2, 0) is 11.3 Å². The lowest BCUT2D eigenvalue weighted by molar-refractivity contribution is -0.137. The fourth-order valence-electron chi connectivity index (χ4n) is 3.84. The number of carboxylic acid groups (broad SMARTS) is 1. The first-order chi connectivity index (χ1) is 12.0. The molecule has 2 aromatic rings. The normalized spacial score (nSPS) is 16.8. The number of piperidine rings is 1. The maximum atomic E-state index is 11.0. The molecule has 0 saturated carbocycles. The molecule has 25 heavy (non-hydrogen) atoms. The van der Waals surface area contributed by atoms with Crippen LogP contribution in [0.15, 0.2) is 24.3 Å². The summed E-state index contributed by atoms with van der Waals surface area (Å²) in [5.74, 6) is -0.872. The molecule has 5 heteroatoms. The van der Waals surface area contributed by atoms with Crippen LogP contribution in [0.1, 0.15) is 49.2 Å². The van der Waals surface area contributed by atoms with Crippen molar-refractivity contribution in [3.8, 4) is 11.1 Å². The SMILES string of the molecule is Cc1nn(CC(=O)O)c(C)c1-c1ccc(C(C)N2CCCCC2)cc1. The van der Waals surface area contributed by atoms with E-state index in [2.05, 4.69) is 41.2 Å². The van der Waals surface area contributed by atoms with Gasteiger partial charge in [-0.15, -0.1) is 0 Å². The first-order valence-electron chi connectivity index (χ1n) is 9.07. The predicted octanol–water partition coefficient (Wildman–Crippen LogP) is 3.80. The summed E-state index contributed by atoms with van der Waals surface area (Å²) >= 11 is 0. The van der Waals surface area contributed by atoms with Gasteiger partial charge in [-0.25, -0.2) is 0 Å². The molecular formula is C20H27N3O2. The molecule has 1 unspecified atom stereocenters. The second-order valence-corrected chi connectivity index (χ2v) is 6.99. The molecule has 1 aromatic heterocycles. The number of aliphatic carboxylic acids is 1. The van der Waals surface area contributed by atoms with Gasteiger partial charge in [-0.2, -0.15) is 5.10 Å². The molecule has 0 amide bonds. The maximum Gasteiger partial charge on any atom is 0.325 e. The van der Waals surface area contributed by atoms with Gasteiger partial charge in [-0.3, -0.25) is 14.4 Å². The van der Waals surface area contributed by atoms with Crippen molar-refractivity contribution in [3.63, 3.8) is 0 Å². The van der Waals surface area contributed by atoms with Crippen molar-refractivity contribution >= 4 is 5.97 Å². The minimum absolute atomic E-state index is 0.100. The monoisotopic (exact) mass is 341 g/mol. The second-order valence-electron chi connectivity index (χ2n) is 6.99. The van der Waals surface area contributed by atoms with Crippen LogP contribution in [-0.4, -0.2) is 38.8 Å². The number of aryl methyl sites for hydroxylation is 1. The van der Waals surface area contributed by atoms with E-state index >= 15 is 0 Å². The molecule has 0 radical (unpaired) electrons. The van der Waals surface area contributed by atoms with Crippen molar-refractivity contribution in [1.82, 2.24) is 14.7 Å². The Morgan fingerprint density at radius 2 is 1.80 bits per heavy atom. The fraction of sp³-hybridized carbons (Fsp3) is 0.500. The molecule has 5 nitrogen and oxygen atoms in total. The average Bonchev–Trinajstić information content (AvgIpc) is 2.88. The van der Waals surface area contributed by atoms with Gasteiger partial charge in [-0.05, 0) is 57.8 Å². The van der Waals surface area contributed by atoms with E-state index in [4.69, 9.17) is 5.11 Å². The van der Waals surface area contributed by atoms with Gasteiger partial charge in [0.2, 0.25) is 0 Å². The molecule has 1 aromatic carbocycles. The summed E-state index contributed by atoms with van der Waals surface area (Å²) in [5, 5.41) is 13.4. The lowest BCUT2D eigenvalue weighted by Gasteiger charge is -2.32. The largest absolute Gasteiger partial charge is 0.480 e. The molecule has 0 spiro atoms. The quantitative estimate of drug-likeness (QED) is 0.899. The molecule has 1 aliphatic rings. The number of rotatable bonds is 5. The molecule has 3 rings (SSSR count). The molecule has 1 saturated heterocycles. The minimum atomic E-state index is -0.872. The number of carbonyl (C=O) groups is 1. The average molecular weight is 341 g/mol. The van der Waals surface area contributed by atoms with E-state index in [0.29, 0.717) is 6.04 Å². The highest BCUT2D eigenvalue weighted by molar-refractivity contribution is 5.71. The third-order valence-electron chi connectivity index (χ3n) is 5.29. The highest BCUT2D eigenvalue weighted by Crippen LogP contribution is 2.30. The topological polar surface area (TPSA) is 58.4 Å². The number of hydrogen-bond donors (Lipinski definition) is 1. The van der Waals surface area contributed by atoms with E-state index in [1.165, 1.54) is 37.9 Å². The van der Waals surface area contributed by atoms with Gasteiger partial charge in [0, 0.05) is 17.3 Å². The van der Waals surface area contributed by atoms with Crippen molar-refractivity contribution in [2.75, 3.05) is 13.1 Å². The highest BCUT2D eigenvalue weighted by Gasteiger charge is 2.19. The van der Waals surface area contributed by atoms with Crippen LogP contribution < -0.4 is 0 Å². The number of hydrogen-bond acceptors (Lipinski definition) is 3. The Bertz CT molecular complexity index is 743. The molecule has 1 N–H and O–H groups in total. The molecule has 134 valence electrons. The number of likely N-dealkylation sites (tertiary alicyclic amines) is 1. The summed E-state index contributed by atoms with van der Waals surface area (Å²) in [5.41, 5.74) is 5.24. The zero-order valence-corrected chi connectivity index (χ0v) is 15.3. The fourth-order valence-corrected chi connectivity index (χ4v) is 3.84. The van der Waals surface area contributed by atoms with Crippen LogP contribution in [0.4, 0.5) is 0 Å². The van der Waals surface area contributed by atoms with E-state index in [1.54, 1.807) is 4.68 Å². The van der Waals surface area contributed by atoms with E-state index in [0.717, 1.165) is 22.5 Å². The molecule has 2 heterocycles. The van der Waals surface area contributed by atoms with Crippen LogP contribution in [0.2, 0.25) is 0 Å². The molecule has 1 fully saturated rings. The van der Waals surface area contributed by atoms with Gasteiger partial charge in [0.1, 0.15) is 6.54 Å². The summed E-state index contributed by atoms with van der Waals surface area (Å²) in [4.78, 5) is 13.5. The Labute approximate surface area is 149 Å². The Morgan fingerprint density at radius 3 is 2.40 bits per heavy atom. The first kappa shape index (κ1) is 17.7. The summed E-state index contributed by atoms with van der Waals surface area (Å²) in [6, 6.07) is 9.10. The van der Waals surface area contributed by atoms with Crippen molar-refractivity contribution in [2.45, 2.75) is 52.6 Å². The van der Waals surface area contributed by atoms with Gasteiger partial charge in [0.05, 0.1) is 5.69 Å². The Balaban J connectivity index is 1.83. The number of nitrogens with zero attached hydrogens (tertiary/aromatic N) is 3. The van der Waals surface area contributed by atoms with Gasteiger partial charge in [-0.1, -0.05) is 30.7 Å². The van der Waals surface area contributed by atoms with E-state index in [1.807, 2.05) is 13.8 Å². The summed E-state index contributed by atoms with van der Waals surface area (Å²) in [7, 11) is 0. The molecule has 1 atom stereocenters. The van der Waals surface area contributed by atoms with Crippen LogP contribution in [0.25, 0.3) is 11.1 Å². The lowest BCUT2D eigenvalue weighted by atomic mass is 9.98. The Morgan fingerprint density at radius 1 is 1.16 bits per heavy atom. The van der Waals surface area contributed by atoms with Crippen molar-refractivity contribution in [2.24, 2.45) is 0 Å².